The van der Waals surface area contributed by atoms with E-state index in [4.69, 9.17) is 4.84 Å². The van der Waals surface area contributed by atoms with Crippen molar-refractivity contribution in [2.24, 2.45) is 0 Å². The van der Waals surface area contributed by atoms with Crippen LogP contribution in [0.5, 0.6) is 0 Å². The maximum atomic E-state index is 13.6. The Morgan fingerprint density at radius 3 is 2.57 bits per heavy atom. The SMILES string of the molecule is Cc1ccc(-c2nc3ncccc3n2OCc2cccc(C(C)(F)F)c2)cc1. The number of nitrogens with zero attached hydrogens (tertiary/aromatic N) is 3. The Morgan fingerprint density at radius 1 is 1.04 bits per heavy atom. The average molecular weight is 379 g/mol. The Bertz CT molecular complexity index is 1110. The predicted octanol–water partition coefficient (Wildman–Crippen LogP) is 5.15. The molecule has 142 valence electrons. The summed E-state index contributed by atoms with van der Waals surface area (Å²) in [4.78, 5) is 14.9. The van der Waals surface area contributed by atoms with Crippen LogP contribution in [-0.2, 0) is 12.5 Å². The van der Waals surface area contributed by atoms with E-state index in [2.05, 4.69) is 9.97 Å². The number of rotatable bonds is 5. The van der Waals surface area contributed by atoms with Crippen LogP contribution in [-0.4, -0.2) is 14.7 Å². The Labute approximate surface area is 161 Å². The Balaban J connectivity index is 1.70. The molecule has 0 N–H and O–H groups in total. The second-order valence-corrected chi connectivity index (χ2v) is 6.80. The zero-order valence-electron chi connectivity index (χ0n) is 15.6. The Kier molecular flexibility index (Phi) is 4.55. The number of imidazole rings is 1. The lowest BCUT2D eigenvalue weighted by molar-refractivity contribution is 0.0172. The molecule has 2 aromatic carbocycles. The van der Waals surface area contributed by atoms with Crippen molar-refractivity contribution in [3.63, 3.8) is 0 Å². The fraction of sp³-hybridized carbons (Fsp3) is 0.182. The van der Waals surface area contributed by atoms with Crippen molar-refractivity contribution in [3.8, 4) is 11.4 Å². The maximum Gasteiger partial charge on any atom is 0.270 e. The van der Waals surface area contributed by atoms with Crippen LogP contribution in [0.4, 0.5) is 8.78 Å². The normalized spacial score (nSPS) is 11.7. The van der Waals surface area contributed by atoms with Gasteiger partial charge in [0.15, 0.2) is 11.5 Å². The maximum absolute atomic E-state index is 13.6. The minimum Gasteiger partial charge on any atom is -0.407 e. The van der Waals surface area contributed by atoms with E-state index in [1.807, 2.05) is 37.3 Å². The fourth-order valence-corrected chi connectivity index (χ4v) is 2.98. The van der Waals surface area contributed by atoms with Gasteiger partial charge in [-0.3, -0.25) is 0 Å². The monoisotopic (exact) mass is 379 g/mol. The third-order valence-electron chi connectivity index (χ3n) is 4.49. The molecule has 0 spiro atoms. The van der Waals surface area contributed by atoms with Gasteiger partial charge < -0.3 is 4.84 Å². The van der Waals surface area contributed by atoms with Crippen LogP contribution in [0, 0.1) is 6.92 Å². The van der Waals surface area contributed by atoms with E-state index < -0.39 is 5.92 Å². The number of alkyl halides is 2. The summed E-state index contributed by atoms with van der Waals surface area (Å²) < 4.78 is 28.8. The Morgan fingerprint density at radius 2 is 1.82 bits per heavy atom. The summed E-state index contributed by atoms with van der Waals surface area (Å²) in [6.45, 7) is 3.03. The minimum absolute atomic E-state index is 0.0375. The zero-order chi connectivity index (χ0) is 19.7. The van der Waals surface area contributed by atoms with E-state index in [-0.39, 0.29) is 12.2 Å². The first kappa shape index (κ1) is 18.1. The molecule has 0 aliphatic rings. The van der Waals surface area contributed by atoms with Gasteiger partial charge in [0.25, 0.3) is 5.92 Å². The first-order valence-corrected chi connectivity index (χ1v) is 8.93. The highest BCUT2D eigenvalue weighted by molar-refractivity contribution is 5.76. The number of hydrogen-bond donors (Lipinski definition) is 0. The second kappa shape index (κ2) is 7.03. The molecule has 0 aliphatic heterocycles. The molecule has 4 nitrogen and oxygen atoms in total. The highest BCUT2D eigenvalue weighted by atomic mass is 19.3. The molecule has 0 saturated carbocycles. The van der Waals surface area contributed by atoms with Crippen LogP contribution in [0.25, 0.3) is 22.6 Å². The quantitative estimate of drug-likeness (QED) is 0.482. The van der Waals surface area contributed by atoms with Gasteiger partial charge in [0.1, 0.15) is 12.1 Å². The van der Waals surface area contributed by atoms with Crippen molar-refractivity contribution in [1.82, 2.24) is 14.7 Å². The molecular formula is C22H19F2N3O. The van der Waals surface area contributed by atoms with Crippen molar-refractivity contribution >= 4 is 11.2 Å². The first-order valence-electron chi connectivity index (χ1n) is 8.93. The van der Waals surface area contributed by atoms with Crippen molar-refractivity contribution in [1.29, 1.82) is 0 Å². The summed E-state index contributed by atoms with van der Waals surface area (Å²) in [5, 5.41) is 0. The van der Waals surface area contributed by atoms with Crippen molar-refractivity contribution < 1.29 is 13.6 Å². The van der Waals surface area contributed by atoms with Gasteiger partial charge in [0.2, 0.25) is 0 Å². The zero-order valence-corrected chi connectivity index (χ0v) is 15.6. The molecule has 4 rings (SSSR count). The lowest BCUT2D eigenvalue weighted by Gasteiger charge is -2.14. The number of aryl methyl sites for hydroxylation is 1. The third kappa shape index (κ3) is 3.58. The van der Waals surface area contributed by atoms with Gasteiger partial charge in [0.05, 0.1) is 0 Å². The lowest BCUT2D eigenvalue weighted by Crippen LogP contribution is -2.14. The summed E-state index contributed by atoms with van der Waals surface area (Å²) >= 11 is 0. The molecule has 2 aromatic heterocycles. The third-order valence-corrected chi connectivity index (χ3v) is 4.49. The minimum atomic E-state index is -2.89. The fourth-order valence-electron chi connectivity index (χ4n) is 2.98. The van der Waals surface area contributed by atoms with Crippen LogP contribution in [0.2, 0.25) is 0 Å². The standard InChI is InChI=1S/C22H19F2N3O/c1-15-8-10-17(11-9-15)21-26-20-19(7-4-12-25-20)27(21)28-14-16-5-3-6-18(13-16)22(2,23)24/h3-13H,14H2,1-2H3. The van der Waals surface area contributed by atoms with E-state index in [0.717, 1.165) is 23.6 Å². The van der Waals surface area contributed by atoms with Crippen LogP contribution in [0.1, 0.15) is 23.6 Å². The van der Waals surface area contributed by atoms with Gasteiger partial charge >= 0.3 is 0 Å². The van der Waals surface area contributed by atoms with Gasteiger partial charge in [-0.05, 0) is 30.7 Å². The number of aromatic nitrogens is 3. The van der Waals surface area contributed by atoms with Crippen LogP contribution in [0.15, 0.2) is 66.9 Å². The highest BCUT2D eigenvalue weighted by Gasteiger charge is 2.24. The average Bonchev–Trinajstić information content (AvgIpc) is 3.05. The molecule has 0 aliphatic carbocycles. The van der Waals surface area contributed by atoms with Gasteiger partial charge in [-0.2, -0.15) is 4.73 Å². The number of fused-ring (bicyclic) bond motifs is 1. The number of halogens is 2. The molecule has 0 radical (unpaired) electrons. The largest absolute Gasteiger partial charge is 0.407 e. The van der Waals surface area contributed by atoms with Gasteiger partial charge in [0, 0.05) is 24.2 Å². The molecule has 2 heterocycles. The molecule has 0 bridgehead atoms. The van der Waals surface area contributed by atoms with Crippen molar-refractivity contribution in [2.45, 2.75) is 26.4 Å². The summed E-state index contributed by atoms with van der Waals surface area (Å²) in [5.74, 6) is -2.28. The molecule has 0 atom stereocenters. The highest BCUT2D eigenvalue weighted by Crippen LogP contribution is 2.28. The van der Waals surface area contributed by atoms with Crippen LogP contribution < -0.4 is 4.84 Å². The van der Waals surface area contributed by atoms with Gasteiger partial charge in [-0.25, -0.2) is 18.7 Å². The van der Waals surface area contributed by atoms with E-state index in [1.165, 1.54) is 12.1 Å². The summed E-state index contributed by atoms with van der Waals surface area (Å²) in [7, 11) is 0. The van der Waals surface area contributed by atoms with Gasteiger partial charge in [-0.1, -0.05) is 48.0 Å². The van der Waals surface area contributed by atoms with Crippen molar-refractivity contribution in [3.05, 3.63) is 83.6 Å². The molecule has 0 unspecified atom stereocenters. The van der Waals surface area contributed by atoms with E-state index in [9.17, 15) is 8.78 Å². The molecule has 6 heteroatoms. The van der Waals surface area contributed by atoms with E-state index in [1.54, 1.807) is 29.1 Å². The smallest absolute Gasteiger partial charge is 0.270 e. The van der Waals surface area contributed by atoms with Crippen molar-refractivity contribution in [2.75, 3.05) is 0 Å². The van der Waals surface area contributed by atoms with E-state index >= 15 is 0 Å². The molecule has 0 saturated heterocycles. The predicted molar refractivity (Wildman–Crippen MR) is 104 cm³/mol. The summed E-state index contributed by atoms with van der Waals surface area (Å²) in [6.07, 6.45) is 1.67. The summed E-state index contributed by atoms with van der Waals surface area (Å²) in [6, 6.07) is 17.9. The van der Waals surface area contributed by atoms with Crippen LogP contribution >= 0.6 is 0 Å². The Hall–Kier alpha value is -3.28. The lowest BCUT2D eigenvalue weighted by atomic mass is 10.1. The van der Waals surface area contributed by atoms with E-state index in [0.29, 0.717) is 17.0 Å². The number of benzene rings is 2. The molecule has 4 aromatic rings. The molecule has 28 heavy (non-hydrogen) atoms. The van der Waals surface area contributed by atoms with Crippen LogP contribution in [0.3, 0.4) is 0 Å². The number of hydrogen-bond acceptors (Lipinski definition) is 3. The first-order chi connectivity index (χ1) is 13.4. The molecule has 0 fully saturated rings. The van der Waals surface area contributed by atoms with Gasteiger partial charge in [-0.15, -0.1) is 0 Å². The summed E-state index contributed by atoms with van der Waals surface area (Å²) in [5.41, 5.74) is 3.92. The topological polar surface area (TPSA) is 39.9 Å². The molecule has 0 amide bonds. The number of pyridine rings is 1. The second-order valence-electron chi connectivity index (χ2n) is 6.80. The molecular weight excluding hydrogens is 360 g/mol.